The molecule has 0 aliphatic heterocycles. The molecule has 0 fully saturated rings. The molecule has 3 rings (SSSR count). The topological polar surface area (TPSA) is 110 Å². The molecule has 0 radical (unpaired) electrons. The van der Waals surface area contributed by atoms with E-state index in [2.05, 4.69) is 16.0 Å². The van der Waals surface area contributed by atoms with E-state index in [1.54, 1.807) is 39.0 Å². The van der Waals surface area contributed by atoms with Crippen LogP contribution in [0.1, 0.15) is 41.7 Å². The summed E-state index contributed by atoms with van der Waals surface area (Å²) in [6.45, 7) is 5.12. The number of hydrogen-bond acceptors (Lipinski definition) is 5. The van der Waals surface area contributed by atoms with Gasteiger partial charge in [-0.3, -0.25) is 14.9 Å². The molecule has 1 aromatic heterocycles. The molecule has 166 valence electrons. The number of anilines is 3. The zero-order chi connectivity index (χ0) is 23.3. The number of nitrogens with one attached hydrogen (secondary N) is 3. The summed E-state index contributed by atoms with van der Waals surface area (Å²) in [7, 11) is 0. The van der Waals surface area contributed by atoms with E-state index < -0.39 is 29.3 Å². The fourth-order valence-corrected chi connectivity index (χ4v) is 2.68. The smallest absolute Gasteiger partial charge is 0.412 e. The van der Waals surface area contributed by atoms with Crippen LogP contribution in [-0.2, 0) is 4.74 Å². The van der Waals surface area contributed by atoms with E-state index in [4.69, 9.17) is 9.15 Å². The summed E-state index contributed by atoms with van der Waals surface area (Å²) in [5.74, 6) is -1.52. The van der Waals surface area contributed by atoms with E-state index in [0.717, 1.165) is 12.1 Å². The number of benzene rings is 2. The number of rotatable bonds is 5. The Bertz CT molecular complexity index is 1140. The van der Waals surface area contributed by atoms with Gasteiger partial charge in [0.1, 0.15) is 11.4 Å². The Morgan fingerprint density at radius 1 is 0.875 bits per heavy atom. The minimum atomic E-state index is -0.748. The third-order valence-electron chi connectivity index (χ3n) is 3.99. The van der Waals surface area contributed by atoms with Gasteiger partial charge in [0, 0.05) is 11.3 Å². The van der Waals surface area contributed by atoms with Gasteiger partial charge >= 0.3 is 6.09 Å². The molecular weight excluding hydrogens is 417 g/mol. The van der Waals surface area contributed by atoms with Gasteiger partial charge in [0.15, 0.2) is 5.76 Å². The average Bonchev–Trinajstić information content (AvgIpc) is 3.24. The molecule has 0 saturated heterocycles. The number of carbonyl (C=O) groups is 3. The molecule has 8 nitrogen and oxygen atoms in total. The first-order chi connectivity index (χ1) is 15.1. The van der Waals surface area contributed by atoms with Crippen LogP contribution < -0.4 is 16.0 Å². The second-order valence-electron chi connectivity index (χ2n) is 7.78. The van der Waals surface area contributed by atoms with Gasteiger partial charge in [-0.05, 0) is 69.3 Å². The van der Waals surface area contributed by atoms with Crippen molar-refractivity contribution in [1.29, 1.82) is 0 Å². The lowest BCUT2D eigenvalue weighted by molar-refractivity contribution is 0.0635. The Balaban J connectivity index is 1.75. The third kappa shape index (κ3) is 6.18. The zero-order valence-corrected chi connectivity index (χ0v) is 17.7. The van der Waals surface area contributed by atoms with E-state index in [1.165, 1.54) is 30.5 Å². The van der Waals surface area contributed by atoms with Gasteiger partial charge in [-0.1, -0.05) is 6.07 Å². The predicted molar refractivity (Wildman–Crippen MR) is 117 cm³/mol. The molecule has 3 amide bonds. The Morgan fingerprint density at radius 3 is 2.34 bits per heavy atom. The molecule has 0 saturated carbocycles. The van der Waals surface area contributed by atoms with Crippen molar-refractivity contribution in [2.24, 2.45) is 0 Å². The summed E-state index contributed by atoms with van der Waals surface area (Å²) < 4.78 is 24.0. The molecule has 0 bridgehead atoms. The van der Waals surface area contributed by atoms with Crippen molar-refractivity contribution in [3.63, 3.8) is 0 Å². The molecular formula is C23H22FN3O5. The van der Waals surface area contributed by atoms with Crippen LogP contribution in [0, 0.1) is 5.82 Å². The first-order valence-electron chi connectivity index (χ1n) is 9.66. The molecule has 32 heavy (non-hydrogen) atoms. The molecule has 1 heterocycles. The van der Waals surface area contributed by atoms with Gasteiger partial charge < -0.3 is 19.8 Å². The fourth-order valence-electron chi connectivity index (χ4n) is 2.68. The van der Waals surface area contributed by atoms with Crippen LogP contribution in [0.25, 0.3) is 0 Å². The molecule has 0 spiro atoms. The molecule has 0 atom stereocenters. The highest BCUT2D eigenvalue weighted by Gasteiger charge is 2.19. The maximum atomic E-state index is 13.8. The standard InChI is InChI=1S/C23H22FN3O5/c1-23(2,3)32-22(30)27-17-10-9-15(24)13-18(17)26-20(28)14-6-4-7-16(12-14)25-21(29)19-8-5-11-31-19/h4-13H,1-3H3,(H,25,29)(H,26,28)(H,27,30). The predicted octanol–water partition coefficient (Wildman–Crippen LogP) is 5.27. The number of ether oxygens (including phenoxy) is 1. The number of furan rings is 1. The van der Waals surface area contributed by atoms with Crippen LogP contribution in [-0.4, -0.2) is 23.5 Å². The summed E-state index contributed by atoms with van der Waals surface area (Å²) in [5, 5.41) is 7.68. The fraction of sp³-hybridized carbons (Fsp3) is 0.174. The van der Waals surface area contributed by atoms with Gasteiger partial charge in [0.05, 0.1) is 17.6 Å². The maximum Gasteiger partial charge on any atom is 0.412 e. The van der Waals surface area contributed by atoms with Crippen molar-refractivity contribution in [1.82, 2.24) is 0 Å². The monoisotopic (exact) mass is 439 g/mol. The first kappa shape index (κ1) is 22.5. The van der Waals surface area contributed by atoms with Gasteiger partial charge in [-0.25, -0.2) is 9.18 Å². The quantitative estimate of drug-likeness (QED) is 0.502. The van der Waals surface area contributed by atoms with Crippen LogP contribution in [0.15, 0.2) is 65.3 Å². The first-order valence-corrected chi connectivity index (χ1v) is 9.66. The normalized spacial score (nSPS) is 10.9. The van der Waals surface area contributed by atoms with E-state index in [0.29, 0.717) is 5.69 Å². The highest BCUT2D eigenvalue weighted by Crippen LogP contribution is 2.25. The van der Waals surface area contributed by atoms with Crippen LogP contribution in [0.2, 0.25) is 0 Å². The van der Waals surface area contributed by atoms with Crippen LogP contribution in [0.5, 0.6) is 0 Å². The Labute approximate surface area is 183 Å². The molecule has 0 unspecified atom stereocenters. The van der Waals surface area contributed by atoms with E-state index in [1.807, 2.05) is 0 Å². The molecule has 0 aliphatic rings. The number of halogens is 1. The minimum absolute atomic E-state index is 0.0471. The van der Waals surface area contributed by atoms with Gasteiger partial charge in [0.25, 0.3) is 11.8 Å². The average molecular weight is 439 g/mol. The largest absolute Gasteiger partial charge is 0.459 e. The molecule has 2 aromatic carbocycles. The zero-order valence-electron chi connectivity index (χ0n) is 17.7. The third-order valence-corrected chi connectivity index (χ3v) is 3.99. The minimum Gasteiger partial charge on any atom is -0.459 e. The number of amides is 3. The van der Waals surface area contributed by atoms with Gasteiger partial charge in [-0.2, -0.15) is 0 Å². The number of hydrogen-bond donors (Lipinski definition) is 3. The van der Waals surface area contributed by atoms with Gasteiger partial charge in [-0.15, -0.1) is 0 Å². The molecule has 3 aromatic rings. The lowest BCUT2D eigenvalue weighted by Gasteiger charge is -2.20. The second-order valence-corrected chi connectivity index (χ2v) is 7.78. The van der Waals surface area contributed by atoms with Crippen molar-refractivity contribution >= 4 is 35.0 Å². The Hall–Kier alpha value is -4.14. The summed E-state index contributed by atoms with van der Waals surface area (Å²) in [6, 6.07) is 12.8. The second kappa shape index (κ2) is 9.34. The van der Waals surface area contributed by atoms with Gasteiger partial charge in [0.2, 0.25) is 0 Å². The summed E-state index contributed by atoms with van der Waals surface area (Å²) in [6.07, 6.45) is 0.628. The molecule has 9 heteroatoms. The lowest BCUT2D eigenvalue weighted by atomic mass is 10.1. The summed E-state index contributed by atoms with van der Waals surface area (Å²) in [5.41, 5.74) is 0.0518. The summed E-state index contributed by atoms with van der Waals surface area (Å²) >= 11 is 0. The van der Waals surface area contributed by atoms with E-state index >= 15 is 0 Å². The van der Waals surface area contributed by atoms with Crippen molar-refractivity contribution in [2.75, 3.05) is 16.0 Å². The van der Waals surface area contributed by atoms with Crippen molar-refractivity contribution < 1.29 is 27.9 Å². The summed E-state index contributed by atoms with van der Waals surface area (Å²) in [4.78, 5) is 37.0. The highest BCUT2D eigenvalue weighted by molar-refractivity contribution is 6.08. The molecule has 3 N–H and O–H groups in total. The Morgan fingerprint density at radius 2 is 1.66 bits per heavy atom. The van der Waals surface area contributed by atoms with Crippen LogP contribution >= 0.6 is 0 Å². The number of carbonyl (C=O) groups excluding carboxylic acids is 3. The van der Waals surface area contributed by atoms with Crippen molar-refractivity contribution in [3.05, 3.63) is 78.0 Å². The van der Waals surface area contributed by atoms with Crippen molar-refractivity contribution in [2.45, 2.75) is 26.4 Å². The maximum absolute atomic E-state index is 13.8. The van der Waals surface area contributed by atoms with E-state index in [9.17, 15) is 18.8 Å². The molecule has 0 aliphatic carbocycles. The van der Waals surface area contributed by atoms with Crippen LogP contribution in [0.4, 0.5) is 26.2 Å². The Kier molecular flexibility index (Phi) is 6.58. The lowest BCUT2D eigenvalue weighted by Crippen LogP contribution is -2.27. The van der Waals surface area contributed by atoms with E-state index in [-0.39, 0.29) is 22.7 Å². The highest BCUT2D eigenvalue weighted by atomic mass is 19.1. The van der Waals surface area contributed by atoms with Crippen LogP contribution in [0.3, 0.4) is 0 Å². The van der Waals surface area contributed by atoms with Crippen molar-refractivity contribution in [3.8, 4) is 0 Å². The SMILES string of the molecule is CC(C)(C)OC(=O)Nc1ccc(F)cc1NC(=O)c1cccc(NC(=O)c2ccco2)c1.